The highest BCUT2D eigenvalue weighted by molar-refractivity contribution is 7.22. The molecule has 0 radical (unpaired) electrons. The van der Waals surface area contributed by atoms with Gasteiger partial charge in [0.15, 0.2) is 5.13 Å². The van der Waals surface area contributed by atoms with Crippen LogP contribution in [0.4, 0.5) is 5.13 Å². The summed E-state index contributed by atoms with van der Waals surface area (Å²) in [5.41, 5.74) is 2.05. The fourth-order valence-electron chi connectivity index (χ4n) is 3.00. The van der Waals surface area contributed by atoms with Crippen molar-refractivity contribution in [3.8, 4) is 0 Å². The number of aryl methyl sites for hydroxylation is 1. The molecule has 1 saturated heterocycles. The lowest BCUT2D eigenvalue weighted by Gasteiger charge is -2.24. The molecule has 1 aromatic carbocycles. The van der Waals surface area contributed by atoms with Gasteiger partial charge in [-0.2, -0.15) is 0 Å². The third-order valence-electron chi connectivity index (χ3n) is 4.31. The Morgan fingerprint density at radius 1 is 1.40 bits per heavy atom. The number of anilines is 1. The number of nitrogens with zero attached hydrogens (tertiary/aromatic N) is 2. The zero-order valence-electron chi connectivity index (χ0n) is 14.8. The quantitative estimate of drug-likeness (QED) is 0.859. The maximum atomic E-state index is 12.7. The number of rotatable bonds is 5. The van der Waals surface area contributed by atoms with Crippen molar-refractivity contribution in [1.29, 1.82) is 0 Å². The summed E-state index contributed by atoms with van der Waals surface area (Å²) in [5.74, 6) is -0.169. The second-order valence-corrected chi connectivity index (χ2v) is 7.79. The Bertz CT molecular complexity index is 786. The second kappa shape index (κ2) is 7.49. The molecule has 2 N–H and O–H groups in total. The Balaban J connectivity index is 1.67. The Hall–Kier alpha value is -1.99. The van der Waals surface area contributed by atoms with Crippen LogP contribution in [0, 0.1) is 6.92 Å². The highest BCUT2D eigenvalue weighted by Gasteiger charge is 2.34. The van der Waals surface area contributed by atoms with Gasteiger partial charge in [-0.05, 0) is 37.5 Å². The first-order valence-electron chi connectivity index (χ1n) is 8.65. The van der Waals surface area contributed by atoms with E-state index in [1.54, 1.807) is 4.90 Å². The maximum Gasteiger partial charge on any atom is 0.248 e. The minimum atomic E-state index is -0.407. The molecule has 2 aromatic rings. The number of aromatic nitrogens is 1. The van der Waals surface area contributed by atoms with E-state index < -0.39 is 6.04 Å². The fraction of sp³-hybridized carbons (Fsp3) is 0.500. The molecule has 3 rings (SSSR count). The van der Waals surface area contributed by atoms with Gasteiger partial charge in [0.2, 0.25) is 11.8 Å². The van der Waals surface area contributed by atoms with Crippen LogP contribution in [0.1, 0.15) is 32.3 Å². The molecule has 134 valence electrons. The van der Waals surface area contributed by atoms with Crippen molar-refractivity contribution in [3.63, 3.8) is 0 Å². The van der Waals surface area contributed by atoms with Crippen molar-refractivity contribution in [1.82, 2.24) is 15.2 Å². The number of hydrogen-bond donors (Lipinski definition) is 2. The Kier molecular flexibility index (Phi) is 5.34. The molecule has 7 heteroatoms. The molecule has 1 aliphatic rings. The van der Waals surface area contributed by atoms with Gasteiger partial charge in [0.25, 0.3) is 0 Å². The van der Waals surface area contributed by atoms with Gasteiger partial charge in [0.1, 0.15) is 6.04 Å². The molecule has 6 nitrogen and oxygen atoms in total. The Labute approximate surface area is 151 Å². The van der Waals surface area contributed by atoms with Gasteiger partial charge >= 0.3 is 0 Å². The summed E-state index contributed by atoms with van der Waals surface area (Å²) in [4.78, 5) is 31.2. The summed E-state index contributed by atoms with van der Waals surface area (Å²) in [5, 5.41) is 6.61. The minimum absolute atomic E-state index is 0.0220. The van der Waals surface area contributed by atoms with E-state index in [9.17, 15) is 9.59 Å². The van der Waals surface area contributed by atoms with Crippen LogP contribution in [0.2, 0.25) is 0 Å². The highest BCUT2D eigenvalue weighted by Crippen LogP contribution is 2.27. The molecule has 1 aliphatic heterocycles. The maximum absolute atomic E-state index is 12.7. The van der Waals surface area contributed by atoms with Crippen molar-refractivity contribution in [2.45, 2.75) is 45.7 Å². The van der Waals surface area contributed by atoms with Crippen molar-refractivity contribution in [3.05, 3.63) is 23.8 Å². The summed E-state index contributed by atoms with van der Waals surface area (Å²) in [6, 6.07) is 5.86. The molecule has 0 bridgehead atoms. The fourth-order valence-corrected chi connectivity index (χ4v) is 3.97. The number of carbonyl (C=O) groups excluding carboxylic acids is 2. The molecule has 25 heavy (non-hydrogen) atoms. The standard InChI is InChI=1S/C18H24N4O2S/c1-11(2)19-10-16(23)22-8-4-5-14(22)17(24)21-18-20-13-7-6-12(3)9-15(13)25-18/h6-7,9,11,14,19H,4-5,8,10H2,1-3H3,(H,20,21,24)/t14-/m0/s1. The monoisotopic (exact) mass is 360 g/mol. The molecule has 1 atom stereocenters. The summed E-state index contributed by atoms with van der Waals surface area (Å²) in [6.07, 6.45) is 1.55. The number of carbonyl (C=O) groups is 2. The van der Waals surface area contributed by atoms with Crippen LogP contribution in [0.25, 0.3) is 10.2 Å². The van der Waals surface area contributed by atoms with Gasteiger partial charge in [-0.1, -0.05) is 31.3 Å². The van der Waals surface area contributed by atoms with Crippen LogP contribution >= 0.6 is 11.3 Å². The molecule has 0 unspecified atom stereocenters. The first-order chi connectivity index (χ1) is 11.9. The van der Waals surface area contributed by atoms with Crippen LogP contribution in [0.15, 0.2) is 18.2 Å². The van der Waals surface area contributed by atoms with Gasteiger partial charge in [-0.15, -0.1) is 0 Å². The molecular weight excluding hydrogens is 336 g/mol. The summed E-state index contributed by atoms with van der Waals surface area (Å²) < 4.78 is 1.05. The first kappa shape index (κ1) is 17.8. The molecule has 0 spiro atoms. The van der Waals surface area contributed by atoms with Crippen molar-refractivity contribution in [2.24, 2.45) is 0 Å². The third-order valence-corrected chi connectivity index (χ3v) is 5.25. The number of hydrogen-bond acceptors (Lipinski definition) is 5. The van der Waals surface area contributed by atoms with E-state index >= 15 is 0 Å². The number of benzene rings is 1. The van der Waals surface area contributed by atoms with Crippen LogP contribution in [-0.2, 0) is 9.59 Å². The molecular formula is C18H24N4O2S. The number of thiazole rings is 1. The lowest BCUT2D eigenvalue weighted by atomic mass is 10.2. The van der Waals surface area contributed by atoms with Crippen LogP contribution < -0.4 is 10.6 Å². The summed E-state index contributed by atoms with van der Waals surface area (Å²) in [7, 11) is 0. The zero-order valence-corrected chi connectivity index (χ0v) is 15.7. The minimum Gasteiger partial charge on any atom is -0.330 e. The summed E-state index contributed by atoms with van der Waals surface area (Å²) >= 11 is 1.46. The average Bonchev–Trinajstić information content (AvgIpc) is 3.18. The molecule has 2 heterocycles. The number of amides is 2. The van der Waals surface area contributed by atoms with Crippen molar-refractivity contribution < 1.29 is 9.59 Å². The lowest BCUT2D eigenvalue weighted by molar-refractivity contribution is -0.135. The van der Waals surface area contributed by atoms with Crippen LogP contribution in [-0.4, -0.2) is 46.9 Å². The van der Waals surface area contributed by atoms with Crippen LogP contribution in [0.5, 0.6) is 0 Å². The lowest BCUT2D eigenvalue weighted by Crippen LogP contribution is -2.47. The van der Waals surface area contributed by atoms with Gasteiger partial charge in [0.05, 0.1) is 16.8 Å². The SMILES string of the molecule is Cc1ccc2nc(NC(=O)[C@@H]3CCCN3C(=O)CNC(C)C)sc2c1. The normalized spacial score (nSPS) is 17.4. The molecule has 0 aliphatic carbocycles. The van der Waals surface area contributed by atoms with Gasteiger partial charge < -0.3 is 15.5 Å². The Morgan fingerprint density at radius 2 is 2.20 bits per heavy atom. The predicted molar refractivity (Wildman–Crippen MR) is 101 cm³/mol. The van der Waals surface area contributed by atoms with E-state index in [-0.39, 0.29) is 24.4 Å². The van der Waals surface area contributed by atoms with E-state index in [1.165, 1.54) is 16.9 Å². The molecule has 2 amide bonds. The molecule has 0 saturated carbocycles. The summed E-state index contributed by atoms with van der Waals surface area (Å²) in [6.45, 7) is 6.93. The van der Waals surface area contributed by atoms with Gasteiger partial charge in [-0.3, -0.25) is 9.59 Å². The van der Waals surface area contributed by atoms with Crippen molar-refractivity contribution in [2.75, 3.05) is 18.4 Å². The largest absolute Gasteiger partial charge is 0.330 e. The number of likely N-dealkylation sites (tertiary alicyclic amines) is 1. The zero-order chi connectivity index (χ0) is 18.0. The Morgan fingerprint density at radius 3 is 2.96 bits per heavy atom. The number of nitrogens with one attached hydrogen (secondary N) is 2. The molecule has 1 aromatic heterocycles. The van der Waals surface area contributed by atoms with E-state index in [1.807, 2.05) is 32.9 Å². The van der Waals surface area contributed by atoms with Crippen LogP contribution in [0.3, 0.4) is 0 Å². The number of fused-ring (bicyclic) bond motifs is 1. The first-order valence-corrected chi connectivity index (χ1v) is 9.46. The molecule has 1 fully saturated rings. The average molecular weight is 360 g/mol. The highest BCUT2D eigenvalue weighted by atomic mass is 32.1. The van der Waals surface area contributed by atoms with Crippen molar-refractivity contribution >= 4 is 38.5 Å². The van der Waals surface area contributed by atoms with E-state index in [4.69, 9.17) is 0 Å². The smallest absolute Gasteiger partial charge is 0.248 e. The second-order valence-electron chi connectivity index (χ2n) is 6.76. The van der Waals surface area contributed by atoms with E-state index in [0.29, 0.717) is 18.1 Å². The topological polar surface area (TPSA) is 74.3 Å². The van der Waals surface area contributed by atoms with Gasteiger partial charge in [0, 0.05) is 12.6 Å². The van der Waals surface area contributed by atoms with E-state index in [0.717, 1.165) is 16.6 Å². The predicted octanol–water partition coefficient (Wildman–Crippen LogP) is 2.53. The van der Waals surface area contributed by atoms with E-state index in [2.05, 4.69) is 21.7 Å². The third kappa shape index (κ3) is 4.16. The van der Waals surface area contributed by atoms with Gasteiger partial charge in [-0.25, -0.2) is 4.98 Å².